The Morgan fingerprint density at radius 1 is 0.967 bits per heavy atom. The Hall–Kier alpha value is -2.63. The molecule has 0 aliphatic heterocycles. The number of carbonyl (C=O) groups is 5. The maximum absolute atomic E-state index is 13.4. The zero-order chi connectivity index (χ0) is 22.1. The van der Waals surface area contributed by atoms with E-state index in [1.165, 1.54) is 6.92 Å². The molecule has 0 aromatic heterocycles. The summed E-state index contributed by atoms with van der Waals surface area (Å²) >= 11 is 0. The number of carbonyl (C=O) groups excluding carboxylic acids is 5. The Morgan fingerprint density at radius 2 is 1.60 bits per heavy atom. The third-order valence-corrected chi connectivity index (χ3v) is 7.03. The van der Waals surface area contributed by atoms with Crippen LogP contribution in [0.15, 0.2) is 12.1 Å². The van der Waals surface area contributed by atoms with Crippen molar-refractivity contribution < 1.29 is 29.1 Å². The number of fused-ring (bicyclic) bond motifs is 3. The van der Waals surface area contributed by atoms with E-state index in [1.54, 1.807) is 0 Å². The zero-order valence-electron chi connectivity index (χ0n) is 17.7. The Morgan fingerprint density at radius 3 is 2.20 bits per heavy atom. The lowest BCUT2D eigenvalue weighted by atomic mass is 9.55. The van der Waals surface area contributed by atoms with Crippen molar-refractivity contribution in [2.45, 2.75) is 52.4 Å². The van der Waals surface area contributed by atoms with Crippen LogP contribution in [0.25, 0.3) is 0 Å². The van der Waals surface area contributed by atoms with E-state index >= 15 is 0 Å². The lowest BCUT2D eigenvalue weighted by Gasteiger charge is -2.44. The summed E-state index contributed by atoms with van der Waals surface area (Å²) in [4.78, 5) is 63.8. The first-order valence-corrected chi connectivity index (χ1v) is 10.4. The van der Waals surface area contributed by atoms with E-state index in [1.807, 2.05) is 32.9 Å². The van der Waals surface area contributed by atoms with E-state index in [-0.39, 0.29) is 29.1 Å². The molecule has 0 saturated heterocycles. The molecule has 3 aliphatic carbocycles. The van der Waals surface area contributed by atoms with E-state index in [0.717, 1.165) is 0 Å². The highest BCUT2D eigenvalue weighted by Crippen LogP contribution is 2.49. The van der Waals surface area contributed by atoms with E-state index in [4.69, 9.17) is 0 Å². The molecule has 0 heterocycles. The number of phenols is 1. The van der Waals surface area contributed by atoms with Gasteiger partial charge in [-0.2, -0.15) is 0 Å². The third-order valence-electron chi connectivity index (χ3n) is 7.03. The van der Waals surface area contributed by atoms with E-state index < -0.39 is 52.6 Å². The molecule has 5 unspecified atom stereocenters. The number of phenolic OH excluding ortho intramolecular Hbond substituents is 1. The smallest absolute Gasteiger partial charge is 0.177 e. The summed E-state index contributed by atoms with van der Waals surface area (Å²) in [7, 11) is 0. The third kappa shape index (κ3) is 2.88. The van der Waals surface area contributed by atoms with Gasteiger partial charge in [0.1, 0.15) is 17.5 Å². The maximum atomic E-state index is 13.4. The summed E-state index contributed by atoms with van der Waals surface area (Å²) in [5.41, 5.74) is 1.13. The molecule has 1 N–H and O–H groups in total. The number of hydrogen-bond acceptors (Lipinski definition) is 6. The topological polar surface area (TPSA) is 106 Å². The molecule has 6 nitrogen and oxygen atoms in total. The number of ketones is 5. The Kier molecular flexibility index (Phi) is 4.60. The number of Topliss-reactive ketones (excluding diaryl/α,β-unsaturated/α-hetero) is 5. The second-order valence-electron chi connectivity index (χ2n) is 10.0. The molecule has 2 fully saturated rings. The summed E-state index contributed by atoms with van der Waals surface area (Å²) in [6, 6.07) is 3.66. The van der Waals surface area contributed by atoms with Crippen molar-refractivity contribution in [2.24, 2.45) is 29.6 Å². The number of rotatable bonds is 1. The summed E-state index contributed by atoms with van der Waals surface area (Å²) in [5, 5.41) is 10.9. The molecule has 3 aliphatic rings. The van der Waals surface area contributed by atoms with Crippen LogP contribution < -0.4 is 0 Å². The molecule has 0 amide bonds. The first-order valence-electron chi connectivity index (χ1n) is 10.4. The largest absolute Gasteiger partial charge is 0.507 e. The van der Waals surface area contributed by atoms with Gasteiger partial charge >= 0.3 is 0 Å². The van der Waals surface area contributed by atoms with Gasteiger partial charge in [-0.1, -0.05) is 32.9 Å². The van der Waals surface area contributed by atoms with Gasteiger partial charge in [-0.3, -0.25) is 24.0 Å². The molecule has 6 heteroatoms. The van der Waals surface area contributed by atoms with Crippen LogP contribution in [0, 0.1) is 29.6 Å². The molecular weight excluding hydrogens is 384 g/mol. The van der Waals surface area contributed by atoms with Gasteiger partial charge in [0.2, 0.25) is 0 Å². The van der Waals surface area contributed by atoms with Gasteiger partial charge in [0, 0.05) is 6.42 Å². The van der Waals surface area contributed by atoms with Crippen LogP contribution in [0.4, 0.5) is 0 Å². The number of aromatic hydroxyl groups is 1. The van der Waals surface area contributed by atoms with Crippen molar-refractivity contribution in [1.82, 2.24) is 0 Å². The number of benzene rings is 1. The first kappa shape index (κ1) is 20.6. The lowest BCUT2D eigenvalue weighted by Crippen LogP contribution is -2.55. The van der Waals surface area contributed by atoms with Crippen LogP contribution in [-0.2, 0) is 31.0 Å². The molecular formula is C24H26O6. The van der Waals surface area contributed by atoms with E-state index in [9.17, 15) is 29.1 Å². The fourth-order valence-corrected chi connectivity index (χ4v) is 5.70. The zero-order valence-corrected chi connectivity index (χ0v) is 17.7. The summed E-state index contributed by atoms with van der Waals surface area (Å²) < 4.78 is 0. The number of hydrogen-bond donors (Lipinski definition) is 1. The molecule has 0 bridgehead atoms. The molecule has 0 spiro atoms. The standard InChI is InChI=1S/C24H26O6/c1-10(25)16-15(26)9-13-8-12-7-11-5-6-14(24(2,3)4)20(27)17(11)22(29)18(12)23(30)19(13)21(16)28/h5-6,12-13,16,18-19,27H,7-9H2,1-4H3. The minimum absolute atomic E-state index is 0.0187. The molecule has 2 saturated carbocycles. The Labute approximate surface area is 175 Å². The van der Waals surface area contributed by atoms with Crippen LogP contribution in [-0.4, -0.2) is 34.0 Å². The van der Waals surface area contributed by atoms with Crippen LogP contribution in [0.1, 0.15) is 62.0 Å². The molecule has 1 aromatic carbocycles. The van der Waals surface area contributed by atoms with E-state index in [0.29, 0.717) is 24.0 Å². The summed E-state index contributed by atoms with van der Waals surface area (Å²) in [6.45, 7) is 6.98. The average Bonchev–Trinajstić information content (AvgIpc) is 2.59. The van der Waals surface area contributed by atoms with Crippen LogP contribution in [0.5, 0.6) is 5.75 Å². The van der Waals surface area contributed by atoms with Crippen molar-refractivity contribution in [3.8, 4) is 5.75 Å². The lowest BCUT2D eigenvalue weighted by molar-refractivity contribution is -0.152. The predicted molar refractivity (Wildman–Crippen MR) is 107 cm³/mol. The van der Waals surface area contributed by atoms with Crippen molar-refractivity contribution in [3.63, 3.8) is 0 Å². The predicted octanol–water partition coefficient (Wildman–Crippen LogP) is 2.61. The Bertz CT molecular complexity index is 1010. The minimum Gasteiger partial charge on any atom is -0.507 e. The molecule has 4 rings (SSSR count). The van der Waals surface area contributed by atoms with Crippen molar-refractivity contribution in [3.05, 3.63) is 28.8 Å². The van der Waals surface area contributed by atoms with Gasteiger partial charge < -0.3 is 5.11 Å². The quantitative estimate of drug-likeness (QED) is 0.714. The monoisotopic (exact) mass is 410 g/mol. The van der Waals surface area contributed by atoms with Crippen molar-refractivity contribution in [2.75, 3.05) is 0 Å². The fourth-order valence-electron chi connectivity index (χ4n) is 5.70. The molecule has 30 heavy (non-hydrogen) atoms. The average molecular weight is 410 g/mol. The van der Waals surface area contributed by atoms with Gasteiger partial charge in [0.05, 0.1) is 17.4 Å². The summed E-state index contributed by atoms with van der Waals surface area (Å²) in [6.07, 6.45) is 0.873. The highest BCUT2D eigenvalue weighted by molar-refractivity contribution is 6.27. The van der Waals surface area contributed by atoms with Crippen molar-refractivity contribution >= 4 is 28.9 Å². The fraction of sp³-hybridized carbons (Fsp3) is 0.542. The summed E-state index contributed by atoms with van der Waals surface area (Å²) in [5.74, 6) is -6.89. The first-order chi connectivity index (χ1) is 13.9. The van der Waals surface area contributed by atoms with Gasteiger partial charge in [-0.15, -0.1) is 0 Å². The highest BCUT2D eigenvalue weighted by atomic mass is 16.3. The molecule has 158 valence electrons. The SMILES string of the molecule is CC(=O)C1C(=O)CC2CC3Cc4ccc(C(C)(C)C)c(O)c4C(=O)C3C(=O)C2C1=O. The van der Waals surface area contributed by atoms with Crippen molar-refractivity contribution in [1.29, 1.82) is 0 Å². The van der Waals surface area contributed by atoms with Gasteiger partial charge in [0.15, 0.2) is 23.1 Å². The second kappa shape index (κ2) is 6.69. The normalized spacial score (nSPS) is 31.1. The second-order valence-corrected chi connectivity index (χ2v) is 10.0. The van der Waals surface area contributed by atoms with E-state index in [2.05, 4.69) is 0 Å². The molecule has 1 aromatic rings. The molecule has 5 atom stereocenters. The van der Waals surface area contributed by atoms with Gasteiger partial charge in [0.25, 0.3) is 0 Å². The van der Waals surface area contributed by atoms with Crippen LogP contribution in [0.3, 0.4) is 0 Å². The van der Waals surface area contributed by atoms with Gasteiger partial charge in [-0.05, 0) is 48.1 Å². The van der Waals surface area contributed by atoms with Crippen LogP contribution in [0.2, 0.25) is 0 Å². The van der Waals surface area contributed by atoms with Crippen LogP contribution >= 0.6 is 0 Å². The van der Waals surface area contributed by atoms with Gasteiger partial charge in [-0.25, -0.2) is 0 Å². The Balaban J connectivity index is 1.76. The highest BCUT2D eigenvalue weighted by Gasteiger charge is 2.57. The molecule has 0 radical (unpaired) electrons. The maximum Gasteiger partial charge on any atom is 0.177 e. The minimum atomic E-state index is -1.39.